The summed E-state index contributed by atoms with van der Waals surface area (Å²) in [4.78, 5) is 30.9. The van der Waals surface area contributed by atoms with E-state index >= 15 is 0 Å². The first kappa shape index (κ1) is 20.0. The molecule has 6 nitrogen and oxygen atoms in total. The molecule has 0 atom stereocenters. The zero-order valence-corrected chi connectivity index (χ0v) is 17.6. The van der Waals surface area contributed by atoms with Crippen LogP contribution in [0.4, 0.5) is 5.69 Å². The molecule has 30 heavy (non-hydrogen) atoms. The molecular formula is C23H18BrN3O3. The number of aromatic nitrogens is 2. The quantitative estimate of drug-likeness (QED) is 0.224. The molecule has 0 spiro atoms. The Morgan fingerprint density at radius 3 is 2.67 bits per heavy atom. The molecule has 0 aliphatic heterocycles. The number of nitrogens with one attached hydrogen (secondary N) is 1. The summed E-state index contributed by atoms with van der Waals surface area (Å²) in [5.41, 5.74) is 4.29. The third-order valence-electron chi connectivity index (χ3n) is 4.93. The van der Waals surface area contributed by atoms with Gasteiger partial charge in [-0.3, -0.25) is 14.9 Å². The monoisotopic (exact) mass is 463 g/mol. The number of pyridine rings is 1. The summed E-state index contributed by atoms with van der Waals surface area (Å²) in [5, 5.41) is 11.9. The van der Waals surface area contributed by atoms with E-state index in [2.05, 4.69) is 25.9 Å². The van der Waals surface area contributed by atoms with Gasteiger partial charge >= 0.3 is 0 Å². The van der Waals surface area contributed by atoms with Crippen molar-refractivity contribution in [3.05, 3.63) is 104 Å². The van der Waals surface area contributed by atoms with E-state index in [0.29, 0.717) is 18.4 Å². The third-order valence-corrected chi connectivity index (χ3v) is 5.62. The van der Waals surface area contributed by atoms with Crippen molar-refractivity contribution in [1.82, 2.24) is 9.97 Å². The fourth-order valence-corrected chi connectivity index (χ4v) is 3.93. The number of non-ortho nitro benzene ring substituents is 1. The van der Waals surface area contributed by atoms with Gasteiger partial charge in [0.05, 0.1) is 4.92 Å². The van der Waals surface area contributed by atoms with E-state index in [9.17, 15) is 14.9 Å². The second kappa shape index (κ2) is 8.59. The number of aromatic amines is 1. The smallest absolute Gasteiger partial charge is 0.269 e. The van der Waals surface area contributed by atoms with Crippen LogP contribution < -0.4 is 0 Å². The number of nitro groups is 1. The van der Waals surface area contributed by atoms with Crippen LogP contribution in [-0.4, -0.2) is 20.7 Å². The number of halogens is 1. The lowest BCUT2D eigenvalue weighted by atomic mass is 10.0. The zero-order valence-electron chi connectivity index (χ0n) is 16.0. The van der Waals surface area contributed by atoms with Crippen LogP contribution in [0.25, 0.3) is 11.0 Å². The standard InChI is InChI=1S/C23H18BrN3O3/c24-21-7-2-1-6-20(21)22(28)12-16-10-17-13-18(26-23(17)25-14-16)9-8-15-4-3-5-19(11-15)27(29)30/h1-7,10-11,13-14H,8-9,12H2,(H,25,26). The fourth-order valence-electron chi connectivity index (χ4n) is 3.42. The average molecular weight is 464 g/mol. The van der Waals surface area contributed by atoms with Crippen molar-refractivity contribution in [3.8, 4) is 0 Å². The topological polar surface area (TPSA) is 88.9 Å². The second-order valence-corrected chi connectivity index (χ2v) is 7.94. The first-order valence-electron chi connectivity index (χ1n) is 9.47. The van der Waals surface area contributed by atoms with Crippen molar-refractivity contribution >= 4 is 38.4 Å². The summed E-state index contributed by atoms with van der Waals surface area (Å²) in [6, 6.07) is 18.1. The minimum absolute atomic E-state index is 0.0325. The number of rotatable bonds is 7. The highest BCUT2D eigenvalue weighted by atomic mass is 79.9. The van der Waals surface area contributed by atoms with Crippen LogP contribution in [0.2, 0.25) is 0 Å². The molecule has 0 unspecified atom stereocenters. The lowest BCUT2D eigenvalue weighted by Crippen LogP contribution is -2.04. The van der Waals surface area contributed by atoms with Gasteiger partial charge in [-0.2, -0.15) is 0 Å². The van der Waals surface area contributed by atoms with E-state index in [1.54, 1.807) is 24.4 Å². The number of Topliss-reactive ketones (excluding diaryl/α,β-unsaturated/α-hetero) is 1. The summed E-state index contributed by atoms with van der Waals surface area (Å²) in [6.45, 7) is 0. The minimum atomic E-state index is -0.382. The molecular weight excluding hydrogens is 446 g/mol. The van der Waals surface area contributed by atoms with Gasteiger partial charge < -0.3 is 4.98 Å². The number of nitrogens with zero attached hydrogens (tertiary/aromatic N) is 2. The van der Waals surface area contributed by atoms with Crippen molar-refractivity contribution < 1.29 is 9.72 Å². The highest BCUT2D eigenvalue weighted by Crippen LogP contribution is 2.21. The van der Waals surface area contributed by atoms with Crippen molar-refractivity contribution in [2.75, 3.05) is 0 Å². The predicted molar refractivity (Wildman–Crippen MR) is 119 cm³/mol. The van der Waals surface area contributed by atoms with Gasteiger partial charge in [0.1, 0.15) is 5.65 Å². The molecule has 0 aliphatic carbocycles. The van der Waals surface area contributed by atoms with Crippen molar-refractivity contribution in [2.24, 2.45) is 0 Å². The summed E-state index contributed by atoms with van der Waals surface area (Å²) in [7, 11) is 0. The molecule has 4 rings (SSSR count). The minimum Gasteiger partial charge on any atom is -0.343 e. The Balaban J connectivity index is 1.47. The first-order valence-corrected chi connectivity index (χ1v) is 10.3. The van der Waals surface area contributed by atoms with E-state index in [4.69, 9.17) is 0 Å². The molecule has 0 fully saturated rings. The normalized spacial score (nSPS) is 11.0. The molecule has 4 aromatic rings. The van der Waals surface area contributed by atoms with E-state index in [1.165, 1.54) is 6.07 Å². The third kappa shape index (κ3) is 4.46. The van der Waals surface area contributed by atoms with Gasteiger partial charge in [0.2, 0.25) is 0 Å². The van der Waals surface area contributed by atoms with Crippen molar-refractivity contribution in [3.63, 3.8) is 0 Å². The first-order chi connectivity index (χ1) is 14.5. The Kier molecular flexibility index (Phi) is 5.72. The van der Waals surface area contributed by atoms with Crippen LogP contribution in [0.15, 0.2) is 71.3 Å². The van der Waals surface area contributed by atoms with Crippen molar-refractivity contribution in [1.29, 1.82) is 0 Å². The van der Waals surface area contributed by atoms with Gasteiger partial charge in [-0.05, 0) is 42.2 Å². The van der Waals surface area contributed by atoms with Crippen LogP contribution in [-0.2, 0) is 19.3 Å². The number of ketones is 1. The van der Waals surface area contributed by atoms with Gasteiger partial charge in [-0.15, -0.1) is 0 Å². The van der Waals surface area contributed by atoms with Crippen LogP contribution in [0.3, 0.4) is 0 Å². The maximum atomic E-state index is 12.6. The predicted octanol–water partition coefficient (Wildman–Crippen LogP) is 5.44. The number of H-pyrrole nitrogens is 1. The summed E-state index contributed by atoms with van der Waals surface area (Å²) in [6.07, 6.45) is 3.39. The fraction of sp³-hybridized carbons (Fsp3) is 0.130. The second-order valence-electron chi connectivity index (χ2n) is 7.08. The number of hydrogen-bond acceptors (Lipinski definition) is 4. The molecule has 0 aliphatic rings. The lowest BCUT2D eigenvalue weighted by Gasteiger charge is -2.03. The SMILES string of the molecule is O=C(Cc1cnc2[nH]c(CCc3cccc([N+](=O)[O-])c3)cc2c1)c1ccccc1Br. The molecule has 0 bridgehead atoms. The Labute approximate surface area is 181 Å². The van der Waals surface area contributed by atoms with E-state index in [0.717, 1.165) is 32.3 Å². The number of fused-ring (bicyclic) bond motifs is 1. The average Bonchev–Trinajstić information content (AvgIpc) is 3.15. The van der Waals surface area contributed by atoms with Gasteiger partial charge in [-0.1, -0.05) is 46.3 Å². The molecule has 2 aromatic carbocycles. The largest absolute Gasteiger partial charge is 0.343 e. The Bertz CT molecular complexity index is 1250. The highest BCUT2D eigenvalue weighted by molar-refractivity contribution is 9.10. The Hall–Kier alpha value is -3.32. The molecule has 0 radical (unpaired) electrons. The summed E-state index contributed by atoms with van der Waals surface area (Å²) >= 11 is 3.42. The van der Waals surface area contributed by atoms with Crippen molar-refractivity contribution in [2.45, 2.75) is 19.3 Å². The summed E-state index contributed by atoms with van der Waals surface area (Å²) in [5.74, 6) is 0.0325. The maximum Gasteiger partial charge on any atom is 0.269 e. The number of carbonyl (C=O) groups is 1. The Morgan fingerprint density at radius 1 is 1.03 bits per heavy atom. The van der Waals surface area contributed by atoms with Crippen LogP contribution in [0.5, 0.6) is 0 Å². The van der Waals surface area contributed by atoms with Crippen LogP contribution in [0.1, 0.15) is 27.2 Å². The Morgan fingerprint density at radius 2 is 1.87 bits per heavy atom. The van der Waals surface area contributed by atoms with Gasteiger partial charge in [0, 0.05) is 45.9 Å². The van der Waals surface area contributed by atoms with Gasteiger partial charge in [0.15, 0.2) is 5.78 Å². The highest BCUT2D eigenvalue weighted by Gasteiger charge is 2.12. The molecule has 0 amide bonds. The molecule has 2 heterocycles. The van der Waals surface area contributed by atoms with E-state index in [-0.39, 0.29) is 22.8 Å². The molecule has 7 heteroatoms. The number of hydrogen-bond donors (Lipinski definition) is 1. The van der Waals surface area contributed by atoms with Gasteiger partial charge in [-0.25, -0.2) is 4.98 Å². The molecule has 150 valence electrons. The number of aryl methyl sites for hydroxylation is 2. The molecule has 0 saturated heterocycles. The van der Waals surface area contributed by atoms with Gasteiger partial charge in [0.25, 0.3) is 5.69 Å². The molecule has 1 N–H and O–H groups in total. The van der Waals surface area contributed by atoms with Crippen LogP contribution >= 0.6 is 15.9 Å². The van der Waals surface area contributed by atoms with E-state index < -0.39 is 0 Å². The molecule has 0 saturated carbocycles. The summed E-state index contributed by atoms with van der Waals surface area (Å²) < 4.78 is 0.786. The lowest BCUT2D eigenvalue weighted by molar-refractivity contribution is -0.384. The number of carbonyl (C=O) groups excluding carboxylic acids is 1. The molecule has 2 aromatic heterocycles. The maximum absolute atomic E-state index is 12.6. The zero-order chi connectivity index (χ0) is 21.1. The number of nitro benzene ring substituents is 1. The number of benzene rings is 2. The van der Waals surface area contributed by atoms with E-state index in [1.807, 2.05) is 36.4 Å². The van der Waals surface area contributed by atoms with Crippen LogP contribution in [0, 0.1) is 10.1 Å².